The van der Waals surface area contributed by atoms with Gasteiger partial charge in [0.05, 0.1) is 37.7 Å². The number of hydrogen-bond acceptors (Lipinski definition) is 6. The van der Waals surface area contributed by atoms with Crippen LogP contribution in [0.3, 0.4) is 0 Å². The van der Waals surface area contributed by atoms with Crippen molar-refractivity contribution in [1.82, 2.24) is 20.4 Å². The van der Waals surface area contributed by atoms with Crippen LogP contribution >= 0.6 is 0 Å². The highest BCUT2D eigenvalue weighted by molar-refractivity contribution is 5.97. The van der Waals surface area contributed by atoms with Crippen molar-refractivity contribution in [3.8, 4) is 0 Å². The van der Waals surface area contributed by atoms with Gasteiger partial charge in [0.1, 0.15) is 6.04 Å². The van der Waals surface area contributed by atoms with Gasteiger partial charge in [-0.3, -0.25) is 19.3 Å². The summed E-state index contributed by atoms with van der Waals surface area (Å²) in [4.78, 5) is 43.9. The molecule has 0 aromatic carbocycles. The third-order valence-electron chi connectivity index (χ3n) is 7.48. The lowest BCUT2D eigenvalue weighted by molar-refractivity contribution is -0.144. The number of nitrogens with zero attached hydrogens (tertiary/aromatic N) is 2. The molecule has 2 fully saturated rings. The van der Waals surface area contributed by atoms with Crippen molar-refractivity contribution in [2.75, 3.05) is 53.0 Å². The van der Waals surface area contributed by atoms with E-state index < -0.39 is 29.8 Å². The Balaban J connectivity index is 1.86. The Morgan fingerprint density at radius 3 is 2.48 bits per heavy atom. The number of carbonyl (C=O) groups is 3. The topological polar surface area (TPSA) is 111 Å². The van der Waals surface area contributed by atoms with Gasteiger partial charge in [0.2, 0.25) is 17.7 Å². The monoisotopic (exact) mass is 464 g/mol. The molecule has 1 aliphatic carbocycles. The van der Waals surface area contributed by atoms with Gasteiger partial charge in [0.15, 0.2) is 0 Å². The number of morpholine rings is 1. The molecule has 3 N–H and O–H groups in total. The number of hydrogen-bond donors (Lipinski definition) is 3. The van der Waals surface area contributed by atoms with Gasteiger partial charge in [-0.15, -0.1) is 0 Å². The van der Waals surface area contributed by atoms with Crippen LogP contribution in [-0.4, -0.2) is 97.8 Å². The Kier molecular flexibility index (Phi) is 8.89. The van der Waals surface area contributed by atoms with Crippen LogP contribution < -0.4 is 10.6 Å². The molecule has 0 saturated carbocycles. The van der Waals surface area contributed by atoms with E-state index in [0.29, 0.717) is 26.3 Å². The van der Waals surface area contributed by atoms with Crippen molar-refractivity contribution in [1.29, 1.82) is 0 Å². The Morgan fingerprint density at radius 1 is 1.21 bits per heavy atom. The zero-order valence-electron chi connectivity index (χ0n) is 20.3. The first-order chi connectivity index (χ1) is 15.8. The maximum absolute atomic E-state index is 13.8. The van der Waals surface area contributed by atoms with E-state index in [4.69, 9.17) is 4.74 Å². The van der Waals surface area contributed by atoms with E-state index in [1.807, 2.05) is 32.9 Å². The lowest BCUT2D eigenvalue weighted by Crippen LogP contribution is -2.54. The largest absolute Gasteiger partial charge is 0.394 e. The number of allylic oxidation sites excluding steroid dienone is 1. The number of amides is 3. The van der Waals surface area contributed by atoms with E-state index in [1.54, 1.807) is 11.9 Å². The zero-order valence-corrected chi connectivity index (χ0v) is 20.3. The standard InChI is InChI=1S/C24H40N4O5/c1-5-16-6-7-17-20(19(16)22(30)25-4)24(32)28(18(14-29)15(2)3)21(17)23(31)26-8-9-27-10-12-33-13-11-27/h6-7,15-21,29H,5,8-14H2,1-4H3,(H,25,30)(H,26,31)/t16-,17+,18+,19-,20+,21+/m1/s1. The maximum Gasteiger partial charge on any atom is 0.243 e. The van der Waals surface area contributed by atoms with Crippen LogP contribution in [0.2, 0.25) is 0 Å². The Morgan fingerprint density at radius 2 is 1.91 bits per heavy atom. The van der Waals surface area contributed by atoms with Crippen LogP contribution in [0.4, 0.5) is 0 Å². The zero-order chi connectivity index (χ0) is 24.1. The molecule has 6 atom stereocenters. The molecule has 9 heteroatoms. The highest BCUT2D eigenvalue weighted by Crippen LogP contribution is 2.46. The van der Waals surface area contributed by atoms with Crippen LogP contribution in [0, 0.1) is 29.6 Å². The molecule has 0 aromatic heterocycles. The molecule has 0 radical (unpaired) electrons. The molecule has 0 bridgehead atoms. The summed E-state index contributed by atoms with van der Waals surface area (Å²) in [6.45, 7) is 9.89. The summed E-state index contributed by atoms with van der Waals surface area (Å²) in [6.07, 6.45) is 4.68. The van der Waals surface area contributed by atoms with Crippen molar-refractivity contribution in [2.24, 2.45) is 29.6 Å². The van der Waals surface area contributed by atoms with Crippen LogP contribution in [0.25, 0.3) is 0 Å². The molecule has 33 heavy (non-hydrogen) atoms. The minimum atomic E-state index is -0.743. The number of ether oxygens (including phenoxy) is 1. The number of likely N-dealkylation sites (tertiary alicyclic amines) is 1. The van der Waals surface area contributed by atoms with E-state index in [-0.39, 0.29) is 36.2 Å². The van der Waals surface area contributed by atoms with E-state index in [1.165, 1.54) is 0 Å². The highest BCUT2D eigenvalue weighted by Gasteiger charge is 2.58. The van der Waals surface area contributed by atoms with Gasteiger partial charge in [-0.25, -0.2) is 0 Å². The van der Waals surface area contributed by atoms with Crippen LogP contribution in [0.15, 0.2) is 12.2 Å². The predicted molar refractivity (Wildman–Crippen MR) is 124 cm³/mol. The average molecular weight is 465 g/mol. The first kappa shape index (κ1) is 25.6. The molecule has 3 aliphatic rings. The number of rotatable bonds is 9. The summed E-state index contributed by atoms with van der Waals surface area (Å²) in [5.41, 5.74) is 0. The summed E-state index contributed by atoms with van der Waals surface area (Å²) in [5, 5.41) is 15.9. The first-order valence-electron chi connectivity index (χ1n) is 12.3. The van der Waals surface area contributed by atoms with E-state index in [0.717, 1.165) is 19.5 Å². The minimum Gasteiger partial charge on any atom is -0.394 e. The Labute approximate surface area is 196 Å². The molecule has 0 aromatic rings. The molecule has 0 unspecified atom stereocenters. The average Bonchev–Trinajstić information content (AvgIpc) is 3.11. The Hall–Kier alpha value is -1.97. The van der Waals surface area contributed by atoms with Gasteiger partial charge < -0.3 is 25.4 Å². The van der Waals surface area contributed by atoms with Crippen molar-refractivity contribution >= 4 is 17.7 Å². The van der Waals surface area contributed by atoms with Crippen molar-refractivity contribution < 1.29 is 24.2 Å². The molecule has 2 aliphatic heterocycles. The molecule has 186 valence electrons. The predicted octanol–water partition coefficient (Wildman–Crippen LogP) is -0.147. The number of aliphatic hydroxyl groups is 1. The smallest absolute Gasteiger partial charge is 0.243 e. The number of nitrogens with one attached hydrogen (secondary N) is 2. The second-order valence-corrected chi connectivity index (χ2v) is 9.63. The fraction of sp³-hybridized carbons (Fsp3) is 0.792. The van der Waals surface area contributed by atoms with Crippen molar-refractivity contribution in [3.05, 3.63) is 12.2 Å². The first-order valence-corrected chi connectivity index (χ1v) is 12.3. The second kappa shape index (κ2) is 11.4. The summed E-state index contributed by atoms with van der Waals surface area (Å²) < 4.78 is 5.37. The highest BCUT2D eigenvalue weighted by atomic mass is 16.5. The van der Waals surface area contributed by atoms with Crippen molar-refractivity contribution in [2.45, 2.75) is 39.3 Å². The fourth-order valence-corrected chi connectivity index (χ4v) is 5.60. The molecule has 3 amide bonds. The summed E-state index contributed by atoms with van der Waals surface area (Å²) in [7, 11) is 1.58. The lowest BCUT2D eigenvalue weighted by Gasteiger charge is -2.35. The number of fused-ring (bicyclic) bond motifs is 1. The quantitative estimate of drug-likeness (QED) is 0.410. The van der Waals surface area contributed by atoms with E-state index >= 15 is 0 Å². The molecular formula is C24H40N4O5. The normalized spacial score (nSPS) is 30.9. The van der Waals surface area contributed by atoms with Crippen molar-refractivity contribution in [3.63, 3.8) is 0 Å². The van der Waals surface area contributed by atoms with Crippen LogP contribution in [0.5, 0.6) is 0 Å². The second-order valence-electron chi connectivity index (χ2n) is 9.63. The Bertz CT molecular complexity index is 736. The van der Waals surface area contributed by atoms with Crippen LogP contribution in [-0.2, 0) is 19.1 Å². The number of carbonyl (C=O) groups excluding carboxylic acids is 3. The van der Waals surface area contributed by atoms with E-state index in [9.17, 15) is 19.5 Å². The SMILES string of the molecule is CC[C@@H]1C=C[C@H]2[C@H](C(=O)N([C@@H](CO)C(C)C)[C@@H]2C(=O)NCCN2CCOCC2)[C@@H]1C(=O)NC. The maximum atomic E-state index is 13.8. The molecule has 3 rings (SSSR count). The van der Waals surface area contributed by atoms with Gasteiger partial charge in [-0.1, -0.05) is 32.9 Å². The minimum absolute atomic E-state index is 0.0350. The van der Waals surface area contributed by atoms with Gasteiger partial charge in [0.25, 0.3) is 0 Å². The summed E-state index contributed by atoms with van der Waals surface area (Å²) in [6, 6.07) is -1.23. The van der Waals surface area contributed by atoms with Gasteiger partial charge >= 0.3 is 0 Å². The third kappa shape index (κ3) is 5.25. The number of aliphatic hydroxyl groups excluding tert-OH is 1. The summed E-state index contributed by atoms with van der Waals surface area (Å²) in [5.74, 6) is -2.24. The molecular weight excluding hydrogens is 424 g/mol. The summed E-state index contributed by atoms with van der Waals surface area (Å²) >= 11 is 0. The molecule has 2 heterocycles. The lowest BCUT2D eigenvalue weighted by atomic mass is 9.69. The van der Waals surface area contributed by atoms with Gasteiger partial charge in [-0.05, 0) is 18.3 Å². The molecule has 9 nitrogen and oxygen atoms in total. The molecule has 2 saturated heterocycles. The third-order valence-corrected chi connectivity index (χ3v) is 7.48. The van der Waals surface area contributed by atoms with E-state index in [2.05, 4.69) is 15.5 Å². The van der Waals surface area contributed by atoms with Gasteiger partial charge in [0, 0.05) is 39.1 Å². The molecule has 0 spiro atoms. The fourth-order valence-electron chi connectivity index (χ4n) is 5.60. The van der Waals surface area contributed by atoms with Crippen LogP contribution in [0.1, 0.15) is 27.2 Å². The van der Waals surface area contributed by atoms with Gasteiger partial charge in [-0.2, -0.15) is 0 Å².